The second kappa shape index (κ2) is 8.63. The number of pyridine rings is 1. The normalized spacial score (nSPS) is 15.9. The number of ether oxygens (including phenoxy) is 1. The molecule has 1 aliphatic heterocycles. The summed E-state index contributed by atoms with van der Waals surface area (Å²) in [5, 5.41) is 7.12. The summed E-state index contributed by atoms with van der Waals surface area (Å²) in [5.41, 5.74) is 0.954. The molecule has 0 saturated heterocycles. The minimum Gasteiger partial charge on any atom is -0.453 e. The minimum absolute atomic E-state index is 0.303. The first kappa shape index (κ1) is 19.3. The van der Waals surface area contributed by atoms with Crippen molar-refractivity contribution < 1.29 is 4.74 Å². The fraction of sp³-hybridized carbons (Fsp3) is 0.143. The number of hydrogen-bond acceptors (Lipinski definition) is 9. The van der Waals surface area contributed by atoms with Crippen LogP contribution in [-0.4, -0.2) is 31.9 Å². The van der Waals surface area contributed by atoms with Gasteiger partial charge in [0, 0.05) is 22.9 Å². The number of rotatable bonds is 5. The molecule has 1 N–H and O–H groups in total. The first-order valence-corrected chi connectivity index (χ1v) is 12.0. The number of hydrogen-bond donors (Lipinski definition) is 1. The van der Waals surface area contributed by atoms with Crippen LogP contribution in [-0.2, 0) is 0 Å². The third kappa shape index (κ3) is 4.28. The molecule has 0 fully saturated rings. The Hall–Kier alpha value is -2.62. The van der Waals surface area contributed by atoms with Gasteiger partial charge in [0.25, 0.3) is 0 Å². The van der Waals surface area contributed by atoms with E-state index < -0.39 is 0 Å². The number of anilines is 1. The van der Waals surface area contributed by atoms with Crippen molar-refractivity contribution in [1.82, 2.24) is 15.0 Å². The number of fused-ring (bicyclic) bond motifs is 1. The molecule has 4 aromatic rings. The zero-order valence-electron chi connectivity index (χ0n) is 16.0. The molecule has 0 saturated carbocycles. The summed E-state index contributed by atoms with van der Waals surface area (Å²) >= 11 is 4.88. The molecule has 0 aliphatic carbocycles. The summed E-state index contributed by atoms with van der Waals surface area (Å²) < 4.78 is 7.24. The van der Waals surface area contributed by atoms with E-state index in [0.717, 1.165) is 36.8 Å². The van der Waals surface area contributed by atoms with Gasteiger partial charge in [0.1, 0.15) is 17.1 Å². The Morgan fingerprint density at radius 2 is 2.03 bits per heavy atom. The summed E-state index contributed by atoms with van der Waals surface area (Å²) in [6, 6.07) is 14.0. The molecule has 1 atom stereocenters. The molecule has 4 heterocycles. The van der Waals surface area contributed by atoms with Gasteiger partial charge in [0.2, 0.25) is 0 Å². The van der Waals surface area contributed by atoms with E-state index in [1.165, 1.54) is 0 Å². The van der Waals surface area contributed by atoms with Gasteiger partial charge >= 0.3 is 0 Å². The molecule has 0 radical (unpaired) electrons. The highest BCUT2D eigenvalue weighted by Gasteiger charge is 2.18. The number of nitrogens with zero attached hydrogens (tertiary/aromatic N) is 4. The Morgan fingerprint density at radius 1 is 1.13 bits per heavy atom. The molecule has 1 aromatic carbocycles. The molecule has 0 spiro atoms. The van der Waals surface area contributed by atoms with Crippen LogP contribution in [0.4, 0.5) is 5.82 Å². The summed E-state index contributed by atoms with van der Waals surface area (Å²) in [5.74, 6) is 3.01. The van der Waals surface area contributed by atoms with E-state index in [2.05, 4.69) is 32.2 Å². The van der Waals surface area contributed by atoms with Gasteiger partial charge in [-0.3, -0.25) is 4.99 Å². The lowest BCUT2D eigenvalue weighted by molar-refractivity contribution is 0.481. The van der Waals surface area contributed by atoms with Gasteiger partial charge in [-0.05, 0) is 30.5 Å². The second-order valence-electron chi connectivity index (χ2n) is 6.57. The number of nitrogens with one attached hydrogen (secondary N) is 1. The van der Waals surface area contributed by atoms with E-state index in [9.17, 15) is 0 Å². The molecular weight excluding hydrogens is 434 g/mol. The molecule has 6 nitrogen and oxygen atoms in total. The lowest BCUT2D eigenvalue weighted by Gasteiger charge is -2.13. The van der Waals surface area contributed by atoms with E-state index in [0.29, 0.717) is 17.6 Å². The summed E-state index contributed by atoms with van der Waals surface area (Å²) in [6.45, 7) is 2.10. The quantitative estimate of drug-likeness (QED) is 0.377. The number of benzene rings is 1. The van der Waals surface area contributed by atoms with Gasteiger partial charge in [-0.1, -0.05) is 41.7 Å². The van der Waals surface area contributed by atoms with E-state index in [-0.39, 0.29) is 0 Å². The molecular formula is C21H17N5OS3. The average Bonchev–Trinajstić information content (AvgIpc) is 3.40. The Labute approximate surface area is 186 Å². The van der Waals surface area contributed by atoms with E-state index >= 15 is 0 Å². The monoisotopic (exact) mass is 451 g/mol. The molecule has 0 amide bonds. The first-order chi connectivity index (χ1) is 14.7. The third-order valence-corrected chi connectivity index (χ3v) is 7.38. The Balaban J connectivity index is 1.47. The molecule has 0 bridgehead atoms. The van der Waals surface area contributed by atoms with Crippen molar-refractivity contribution in [3.8, 4) is 11.5 Å². The van der Waals surface area contributed by atoms with Crippen LogP contribution in [0.3, 0.4) is 0 Å². The maximum Gasteiger partial charge on any atom is 0.175 e. The van der Waals surface area contributed by atoms with Crippen molar-refractivity contribution in [2.45, 2.75) is 22.9 Å². The molecule has 150 valence electrons. The fourth-order valence-corrected chi connectivity index (χ4v) is 5.55. The standard InChI is InChI=1S/C21H17N5OS3/c1-13-11-29-21(25-13)26-19-17(27-14-5-3-2-4-6-14)9-15(10-22-19)30-20-18-16(7-8-28-18)23-12-24-20/h2-10,12-13H,11H2,1H3,(H,22,25,26). The smallest absolute Gasteiger partial charge is 0.175 e. The van der Waals surface area contributed by atoms with E-state index in [1.807, 2.05) is 54.0 Å². The molecule has 1 aliphatic rings. The maximum absolute atomic E-state index is 6.16. The lowest BCUT2D eigenvalue weighted by atomic mass is 10.3. The van der Waals surface area contributed by atoms with Gasteiger partial charge in [-0.25, -0.2) is 15.0 Å². The zero-order valence-corrected chi connectivity index (χ0v) is 18.4. The number of para-hydroxylation sites is 1. The number of aliphatic imine (C=N–C) groups is 1. The topological polar surface area (TPSA) is 72.3 Å². The van der Waals surface area contributed by atoms with Crippen LogP contribution in [0.1, 0.15) is 6.92 Å². The second-order valence-corrected chi connectivity index (χ2v) is 9.56. The highest BCUT2D eigenvalue weighted by Crippen LogP contribution is 2.38. The van der Waals surface area contributed by atoms with Gasteiger partial charge in [-0.15, -0.1) is 11.3 Å². The first-order valence-electron chi connectivity index (χ1n) is 9.31. The van der Waals surface area contributed by atoms with Gasteiger partial charge in [-0.2, -0.15) is 0 Å². The zero-order chi connectivity index (χ0) is 20.3. The van der Waals surface area contributed by atoms with Crippen molar-refractivity contribution in [3.05, 3.63) is 60.4 Å². The third-order valence-electron chi connectivity index (χ3n) is 4.25. The van der Waals surface area contributed by atoms with Crippen LogP contribution in [0.5, 0.6) is 11.5 Å². The molecule has 9 heteroatoms. The van der Waals surface area contributed by atoms with Crippen LogP contribution < -0.4 is 10.1 Å². The maximum atomic E-state index is 6.16. The number of aromatic nitrogens is 3. The van der Waals surface area contributed by atoms with E-state index in [4.69, 9.17) is 4.74 Å². The number of thiophene rings is 1. The molecule has 1 unspecified atom stereocenters. The highest BCUT2D eigenvalue weighted by atomic mass is 32.2. The Kier molecular flexibility index (Phi) is 5.56. The predicted molar refractivity (Wildman–Crippen MR) is 125 cm³/mol. The van der Waals surface area contributed by atoms with Crippen molar-refractivity contribution >= 4 is 56.1 Å². The Bertz CT molecular complexity index is 1210. The van der Waals surface area contributed by atoms with E-state index in [1.54, 1.807) is 41.2 Å². The van der Waals surface area contributed by atoms with Crippen molar-refractivity contribution in [1.29, 1.82) is 0 Å². The largest absolute Gasteiger partial charge is 0.453 e. The van der Waals surface area contributed by atoms with Crippen molar-refractivity contribution in [3.63, 3.8) is 0 Å². The van der Waals surface area contributed by atoms with Crippen LogP contribution >= 0.6 is 34.9 Å². The minimum atomic E-state index is 0.303. The van der Waals surface area contributed by atoms with Gasteiger partial charge < -0.3 is 10.1 Å². The molecule has 30 heavy (non-hydrogen) atoms. The van der Waals surface area contributed by atoms with Crippen LogP contribution in [0.15, 0.2) is 75.3 Å². The predicted octanol–water partition coefficient (Wildman–Crippen LogP) is 5.93. The Morgan fingerprint density at radius 3 is 2.87 bits per heavy atom. The molecule has 3 aromatic heterocycles. The van der Waals surface area contributed by atoms with Crippen molar-refractivity contribution in [2.75, 3.05) is 11.1 Å². The fourth-order valence-electron chi connectivity index (χ4n) is 2.86. The lowest BCUT2D eigenvalue weighted by Crippen LogP contribution is -2.08. The average molecular weight is 452 g/mol. The SMILES string of the molecule is CC1CSC(Nc2ncc(Sc3ncnc4ccsc34)cc2Oc2ccccc2)=N1. The van der Waals surface area contributed by atoms with Crippen LogP contribution in [0, 0.1) is 0 Å². The summed E-state index contributed by atoms with van der Waals surface area (Å²) in [6.07, 6.45) is 3.43. The van der Waals surface area contributed by atoms with Gasteiger partial charge in [0.15, 0.2) is 16.7 Å². The highest BCUT2D eigenvalue weighted by molar-refractivity contribution is 8.14. The molecule has 5 rings (SSSR count). The summed E-state index contributed by atoms with van der Waals surface area (Å²) in [4.78, 5) is 18.9. The number of thioether (sulfide) groups is 1. The van der Waals surface area contributed by atoms with Crippen LogP contribution in [0.2, 0.25) is 0 Å². The number of amidine groups is 1. The van der Waals surface area contributed by atoms with Crippen LogP contribution in [0.25, 0.3) is 10.2 Å². The van der Waals surface area contributed by atoms with Gasteiger partial charge in [0.05, 0.1) is 16.3 Å². The summed E-state index contributed by atoms with van der Waals surface area (Å²) in [7, 11) is 0. The van der Waals surface area contributed by atoms with Crippen molar-refractivity contribution in [2.24, 2.45) is 4.99 Å².